The van der Waals surface area contributed by atoms with Gasteiger partial charge in [0.1, 0.15) is 6.17 Å². The maximum atomic E-state index is 12.8. The number of carbonyl (C=O) groups is 2. The Morgan fingerprint density at radius 2 is 1.39 bits per heavy atom. The topological polar surface area (TPSA) is 50.3 Å². The van der Waals surface area contributed by atoms with Crippen LogP contribution in [0.4, 0.5) is 15.3 Å². The number of likely N-dealkylation sites (N-methyl/N-ethyl adjacent to an activating group) is 2. The van der Waals surface area contributed by atoms with E-state index in [1.54, 1.807) is 9.80 Å². The highest BCUT2D eigenvalue weighted by atomic mass is 16.2. The number of carbonyl (C=O) groups excluding carboxylic acids is 2. The summed E-state index contributed by atoms with van der Waals surface area (Å²) in [6.45, 7) is 6.18. The van der Waals surface area contributed by atoms with Gasteiger partial charge in [-0.2, -0.15) is 0 Å². The van der Waals surface area contributed by atoms with Gasteiger partial charge in [-0.15, -0.1) is 0 Å². The molecule has 4 amide bonds. The third kappa shape index (κ3) is 1.82. The van der Waals surface area contributed by atoms with Crippen LogP contribution in [-0.2, 0) is 0 Å². The molecule has 0 spiro atoms. The van der Waals surface area contributed by atoms with Crippen LogP contribution in [0.2, 0.25) is 0 Å². The normalized spacial score (nSPS) is 26.4. The van der Waals surface area contributed by atoms with Crippen molar-refractivity contribution >= 4 is 17.7 Å². The summed E-state index contributed by atoms with van der Waals surface area (Å²) >= 11 is 0. The molecule has 3 heterocycles. The zero-order valence-corrected chi connectivity index (χ0v) is 13.4. The minimum absolute atomic E-state index is 0.0130. The molecule has 4 rings (SSSR count). The van der Waals surface area contributed by atoms with Crippen LogP contribution in [0.15, 0.2) is 30.3 Å². The molecule has 3 aliphatic rings. The highest BCUT2D eigenvalue weighted by Gasteiger charge is 2.60. The lowest BCUT2D eigenvalue weighted by molar-refractivity contribution is 0.0948. The van der Waals surface area contributed by atoms with E-state index < -0.39 is 0 Å². The van der Waals surface area contributed by atoms with Gasteiger partial charge >= 0.3 is 12.1 Å². The smallest absolute Gasteiger partial charge is 0.325 e. The van der Waals surface area contributed by atoms with Gasteiger partial charge in [0.05, 0.1) is 13.3 Å². The average Bonchev–Trinajstić information content (AvgIpc) is 3.03. The summed E-state index contributed by atoms with van der Waals surface area (Å²) in [5, 5.41) is 0. The Bertz CT molecular complexity index is 603. The zero-order chi connectivity index (χ0) is 16.1. The molecule has 0 radical (unpaired) electrons. The van der Waals surface area contributed by atoms with Crippen LogP contribution in [0, 0.1) is 0 Å². The number of nitrogens with zero attached hydrogens (tertiary/aromatic N) is 5. The van der Waals surface area contributed by atoms with Gasteiger partial charge in [-0.3, -0.25) is 9.80 Å². The van der Waals surface area contributed by atoms with Crippen LogP contribution < -0.4 is 4.90 Å². The average molecular weight is 315 g/mol. The quantitative estimate of drug-likeness (QED) is 0.851. The minimum atomic E-state index is -0.171. The van der Waals surface area contributed by atoms with Crippen molar-refractivity contribution in [3.8, 4) is 0 Å². The van der Waals surface area contributed by atoms with Crippen LogP contribution in [0.25, 0.3) is 0 Å². The van der Waals surface area contributed by atoms with Crippen LogP contribution in [0.3, 0.4) is 0 Å². The lowest BCUT2D eigenvalue weighted by Gasteiger charge is -2.42. The predicted molar refractivity (Wildman–Crippen MR) is 85.5 cm³/mol. The molecule has 0 saturated carbocycles. The number of benzene rings is 1. The van der Waals surface area contributed by atoms with Gasteiger partial charge in [0, 0.05) is 18.8 Å². The highest BCUT2D eigenvalue weighted by Crippen LogP contribution is 2.38. The minimum Gasteiger partial charge on any atom is -0.336 e. The van der Waals surface area contributed by atoms with Crippen molar-refractivity contribution in [1.29, 1.82) is 0 Å². The summed E-state index contributed by atoms with van der Waals surface area (Å²) < 4.78 is 0. The fourth-order valence-corrected chi connectivity index (χ4v) is 3.91. The number of amides is 4. The molecule has 122 valence electrons. The molecule has 3 saturated heterocycles. The fraction of sp³-hybridized carbons (Fsp3) is 0.500. The Morgan fingerprint density at radius 1 is 0.870 bits per heavy atom. The number of urea groups is 2. The van der Waals surface area contributed by atoms with Gasteiger partial charge in [-0.25, -0.2) is 9.59 Å². The number of hydrogen-bond donors (Lipinski definition) is 0. The Hall–Kier alpha value is -2.44. The van der Waals surface area contributed by atoms with E-state index >= 15 is 0 Å². The third-order valence-electron chi connectivity index (χ3n) is 4.98. The number of anilines is 1. The van der Waals surface area contributed by atoms with Crippen LogP contribution in [0.5, 0.6) is 0 Å². The first-order valence-corrected chi connectivity index (χ1v) is 8.11. The second-order valence-electron chi connectivity index (χ2n) is 6.06. The number of para-hydroxylation sites is 1. The molecule has 7 nitrogen and oxygen atoms in total. The van der Waals surface area contributed by atoms with Crippen LogP contribution >= 0.6 is 0 Å². The predicted octanol–water partition coefficient (Wildman–Crippen LogP) is 1.59. The third-order valence-corrected chi connectivity index (χ3v) is 4.98. The highest BCUT2D eigenvalue weighted by molar-refractivity contribution is 5.86. The van der Waals surface area contributed by atoms with Crippen molar-refractivity contribution in [3.63, 3.8) is 0 Å². The maximum Gasteiger partial charge on any atom is 0.325 e. The largest absolute Gasteiger partial charge is 0.336 e. The molecule has 0 aromatic heterocycles. The van der Waals surface area contributed by atoms with E-state index in [9.17, 15) is 9.59 Å². The molecule has 0 atom stereocenters. The van der Waals surface area contributed by atoms with Crippen molar-refractivity contribution in [2.24, 2.45) is 0 Å². The van der Waals surface area contributed by atoms with Crippen molar-refractivity contribution in [2.75, 3.05) is 31.3 Å². The lowest BCUT2D eigenvalue weighted by atomic mass is 10.2. The molecular formula is C16H21N5O2. The van der Waals surface area contributed by atoms with E-state index in [0.29, 0.717) is 26.4 Å². The van der Waals surface area contributed by atoms with E-state index in [4.69, 9.17) is 0 Å². The van der Waals surface area contributed by atoms with Gasteiger partial charge in [0.2, 0.25) is 0 Å². The summed E-state index contributed by atoms with van der Waals surface area (Å²) in [7, 11) is 0. The van der Waals surface area contributed by atoms with Crippen molar-refractivity contribution < 1.29 is 9.59 Å². The first-order valence-electron chi connectivity index (χ1n) is 8.11. The molecule has 1 aromatic carbocycles. The standard InChI is InChI=1S/C16H21N5O2/c1-3-18-13-14-20(15(18)22)10-17(12-8-6-5-7-9-12)11-21(14)16(23)19(13)4-2/h5-9,13-14H,3-4,10-11H2,1-2H3. The van der Waals surface area contributed by atoms with Gasteiger partial charge in [0.25, 0.3) is 0 Å². The first kappa shape index (κ1) is 14.2. The Labute approximate surface area is 135 Å². The lowest BCUT2D eigenvalue weighted by Crippen LogP contribution is -2.60. The van der Waals surface area contributed by atoms with Gasteiger partial charge in [-0.05, 0) is 26.0 Å². The molecule has 3 aliphatic heterocycles. The van der Waals surface area contributed by atoms with Crippen LogP contribution in [0.1, 0.15) is 13.8 Å². The first-order chi connectivity index (χ1) is 11.2. The summed E-state index contributed by atoms with van der Waals surface area (Å²) in [5.74, 6) is 0. The van der Waals surface area contributed by atoms with Gasteiger partial charge in [0.15, 0.2) is 6.17 Å². The molecule has 0 aliphatic carbocycles. The summed E-state index contributed by atoms with van der Waals surface area (Å²) in [6.07, 6.45) is -0.335. The summed E-state index contributed by atoms with van der Waals surface area (Å²) in [5.41, 5.74) is 1.02. The molecule has 0 unspecified atom stereocenters. The molecule has 7 heteroatoms. The molecule has 1 aromatic rings. The van der Waals surface area contributed by atoms with Crippen molar-refractivity contribution in [2.45, 2.75) is 26.2 Å². The molecule has 0 bridgehead atoms. The summed E-state index contributed by atoms with van der Waals surface area (Å²) in [4.78, 5) is 34.9. The van der Waals surface area contributed by atoms with E-state index in [1.165, 1.54) is 0 Å². The molecule has 3 fully saturated rings. The Balaban J connectivity index is 1.72. The molecule has 23 heavy (non-hydrogen) atoms. The maximum absolute atomic E-state index is 12.8. The number of hydrogen-bond acceptors (Lipinski definition) is 3. The zero-order valence-electron chi connectivity index (χ0n) is 13.4. The molecule has 0 N–H and O–H groups in total. The Morgan fingerprint density at radius 3 is 1.87 bits per heavy atom. The van der Waals surface area contributed by atoms with Crippen molar-refractivity contribution in [3.05, 3.63) is 30.3 Å². The molecular weight excluding hydrogens is 294 g/mol. The van der Waals surface area contributed by atoms with Crippen LogP contribution in [-0.4, -0.2) is 70.4 Å². The van der Waals surface area contributed by atoms with Gasteiger partial charge < -0.3 is 14.7 Å². The van der Waals surface area contributed by atoms with Crippen molar-refractivity contribution in [1.82, 2.24) is 19.6 Å². The van der Waals surface area contributed by atoms with E-state index in [0.717, 1.165) is 5.69 Å². The SMILES string of the molecule is CCN1C(=O)N2CN(c3ccccc3)CN3C(=O)N(CC)C1C23. The second kappa shape index (κ2) is 5.04. The number of rotatable bonds is 3. The Kier molecular flexibility index (Phi) is 3.11. The van der Waals surface area contributed by atoms with Gasteiger partial charge in [-0.1, -0.05) is 18.2 Å². The second-order valence-corrected chi connectivity index (χ2v) is 6.06. The monoisotopic (exact) mass is 315 g/mol. The fourth-order valence-electron chi connectivity index (χ4n) is 3.91. The van der Waals surface area contributed by atoms with E-state index in [-0.39, 0.29) is 24.4 Å². The van der Waals surface area contributed by atoms with E-state index in [1.807, 2.05) is 54.0 Å². The van der Waals surface area contributed by atoms with E-state index in [2.05, 4.69) is 4.90 Å². The summed E-state index contributed by atoms with van der Waals surface area (Å²) in [6, 6.07) is 9.95.